The largest absolute Gasteiger partial charge is 0.306 e. The van der Waals surface area contributed by atoms with Crippen LogP contribution in [0.1, 0.15) is 54.2 Å². The van der Waals surface area contributed by atoms with E-state index in [1.165, 1.54) is 18.3 Å². The second kappa shape index (κ2) is 8.48. The summed E-state index contributed by atoms with van der Waals surface area (Å²) in [4.78, 5) is 3.39. The van der Waals surface area contributed by atoms with E-state index >= 15 is 0 Å². The van der Waals surface area contributed by atoms with Crippen molar-refractivity contribution in [2.45, 2.75) is 56.0 Å². The van der Waals surface area contributed by atoms with Crippen molar-refractivity contribution in [3.8, 4) is 5.69 Å². The first-order valence-electron chi connectivity index (χ1n) is 10.8. The maximum absolute atomic E-state index is 14.4. The van der Waals surface area contributed by atoms with Crippen molar-refractivity contribution in [3.05, 3.63) is 71.3 Å². The molecule has 1 N–H and O–H groups in total. The summed E-state index contributed by atoms with van der Waals surface area (Å²) in [7, 11) is 0. The number of halogens is 4. The van der Waals surface area contributed by atoms with E-state index in [-0.39, 0.29) is 18.0 Å². The number of hydrogen-bond donors (Lipinski definition) is 1. The average Bonchev–Trinajstić information content (AvgIpc) is 3.15. The molecule has 3 atom stereocenters. The van der Waals surface area contributed by atoms with Crippen LogP contribution in [0.25, 0.3) is 5.69 Å². The number of hydrogen-bond acceptors (Lipinski definition) is 4. The van der Waals surface area contributed by atoms with Gasteiger partial charge in [0.25, 0.3) is 0 Å². The van der Waals surface area contributed by atoms with Crippen molar-refractivity contribution < 1.29 is 13.2 Å². The molecule has 0 saturated heterocycles. The first-order valence-corrected chi connectivity index (χ1v) is 11.1. The zero-order valence-corrected chi connectivity index (χ0v) is 18.1. The lowest BCUT2D eigenvalue weighted by atomic mass is 9.68. The van der Waals surface area contributed by atoms with Crippen LogP contribution in [0.5, 0.6) is 0 Å². The Kier molecular flexibility index (Phi) is 5.67. The maximum atomic E-state index is 14.4. The maximum Gasteiger partial charge on any atom is 0.238 e. The number of pyridine rings is 1. The predicted molar refractivity (Wildman–Crippen MR) is 114 cm³/mol. The first-order chi connectivity index (χ1) is 15.4. The molecule has 0 spiro atoms. The van der Waals surface area contributed by atoms with Crippen molar-refractivity contribution >= 4 is 11.6 Å². The Morgan fingerprint density at radius 2 is 2.12 bits per heavy atom. The second-order valence-corrected chi connectivity index (χ2v) is 9.36. The van der Waals surface area contributed by atoms with Gasteiger partial charge in [-0.3, -0.25) is 9.55 Å². The molecule has 1 aliphatic carbocycles. The molecule has 32 heavy (non-hydrogen) atoms. The first kappa shape index (κ1) is 21.4. The minimum Gasteiger partial charge on any atom is -0.306 e. The third-order valence-corrected chi connectivity index (χ3v) is 7.26. The summed E-state index contributed by atoms with van der Waals surface area (Å²) < 4.78 is 43.3. The summed E-state index contributed by atoms with van der Waals surface area (Å²) in [6.07, 6.45) is 1.77. The monoisotopic (exact) mass is 461 g/mol. The van der Waals surface area contributed by atoms with Crippen LogP contribution in [0.3, 0.4) is 0 Å². The van der Waals surface area contributed by atoms with Crippen LogP contribution in [-0.2, 0) is 18.0 Å². The van der Waals surface area contributed by atoms with Gasteiger partial charge in [0.1, 0.15) is 12.1 Å². The molecule has 0 amide bonds. The fraction of sp³-hybridized carbons (Fsp3) is 0.435. The van der Waals surface area contributed by atoms with Crippen LogP contribution < -0.4 is 5.32 Å². The van der Waals surface area contributed by atoms with Gasteiger partial charge >= 0.3 is 0 Å². The Bertz CT molecular complexity index is 1120. The van der Waals surface area contributed by atoms with Gasteiger partial charge < -0.3 is 5.32 Å². The molecule has 9 heteroatoms. The average molecular weight is 462 g/mol. The fourth-order valence-electron chi connectivity index (χ4n) is 5.18. The Morgan fingerprint density at radius 3 is 2.94 bits per heavy atom. The number of benzene rings is 1. The number of fused-ring (bicyclic) bond motifs is 3. The molecule has 1 fully saturated rings. The third kappa shape index (κ3) is 3.90. The van der Waals surface area contributed by atoms with Gasteiger partial charge in [-0.05, 0) is 54.5 Å². The van der Waals surface area contributed by atoms with Crippen molar-refractivity contribution in [1.29, 1.82) is 0 Å². The van der Waals surface area contributed by atoms with Gasteiger partial charge in [-0.15, -0.1) is 21.8 Å². The van der Waals surface area contributed by atoms with Crippen molar-refractivity contribution in [3.63, 3.8) is 0 Å². The highest BCUT2D eigenvalue weighted by Gasteiger charge is 2.43. The zero-order valence-electron chi connectivity index (χ0n) is 17.3. The van der Waals surface area contributed by atoms with Crippen molar-refractivity contribution in [2.75, 3.05) is 0 Å². The Labute approximate surface area is 189 Å². The zero-order chi connectivity index (χ0) is 22.3. The van der Waals surface area contributed by atoms with Crippen LogP contribution in [0.2, 0.25) is 0 Å². The second-order valence-electron chi connectivity index (χ2n) is 8.64. The van der Waals surface area contributed by atoms with Crippen LogP contribution in [0.15, 0.2) is 42.9 Å². The van der Waals surface area contributed by atoms with Gasteiger partial charge in [0, 0.05) is 25.1 Å². The van der Waals surface area contributed by atoms with Crippen LogP contribution >= 0.6 is 11.6 Å². The Hall–Kier alpha value is -2.45. The van der Waals surface area contributed by atoms with Crippen molar-refractivity contribution in [1.82, 2.24) is 25.1 Å². The van der Waals surface area contributed by atoms with E-state index < -0.39 is 23.0 Å². The highest BCUT2D eigenvalue weighted by atomic mass is 35.5. The molecule has 1 aliphatic heterocycles. The standard InChI is InChI=1S/C23H23ClF3N5/c24-23(16-3-4-19-15(8-16)11-28-12-21-31-30-13-32(19)21)6-5-17(14(10-23)9-20(26)27)22-18(25)2-1-7-29-22/h1-4,7-8,13-14,17,20,28H,5-6,9-12H2. The van der Waals surface area contributed by atoms with Gasteiger partial charge in [-0.25, -0.2) is 13.2 Å². The van der Waals surface area contributed by atoms with E-state index in [4.69, 9.17) is 11.6 Å². The summed E-state index contributed by atoms with van der Waals surface area (Å²) in [5, 5.41) is 11.5. The Morgan fingerprint density at radius 1 is 1.25 bits per heavy atom. The smallest absolute Gasteiger partial charge is 0.238 e. The lowest BCUT2D eigenvalue weighted by Crippen LogP contribution is -2.34. The minimum absolute atomic E-state index is 0.267. The topological polar surface area (TPSA) is 55.6 Å². The van der Waals surface area contributed by atoms with Gasteiger partial charge in [0.05, 0.1) is 22.8 Å². The summed E-state index contributed by atoms with van der Waals surface area (Å²) >= 11 is 7.12. The summed E-state index contributed by atoms with van der Waals surface area (Å²) in [6, 6.07) is 8.85. The van der Waals surface area contributed by atoms with Gasteiger partial charge in [0.2, 0.25) is 6.43 Å². The van der Waals surface area contributed by atoms with Crippen LogP contribution in [0.4, 0.5) is 13.2 Å². The normalized spacial score (nSPS) is 25.3. The molecule has 3 heterocycles. The lowest BCUT2D eigenvalue weighted by molar-refractivity contribution is 0.0875. The van der Waals surface area contributed by atoms with E-state index in [2.05, 4.69) is 20.5 Å². The molecule has 3 aromatic rings. The highest BCUT2D eigenvalue weighted by molar-refractivity contribution is 6.24. The summed E-state index contributed by atoms with van der Waals surface area (Å²) in [5.41, 5.74) is 3.19. The van der Waals surface area contributed by atoms with Gasteiger partial charge in [-0.2, -0.15) is 0 Å². The molecule has 1 aromatic carbocycles. The van der Waals surface area contributed by atoms with Gasteiger partial charge in [0.15, 0.2) is 5.82 Å². The molecular formula is C23H23ClF3N5. The summed E-state index contributed by atoms with van der Waals surface area (Å²) in [6.45, 7) is 1.24. The van der Waals surface area contributed by atoms with Crippen LogP contribution in [0, 0.1) is 11.7 Å². The number of alkyl halides is 3. The molecule has 1 saturated carbocycles. The predicted octanol–water partition coefficient (Wildman–Crippen LogP) is 5.08. The molecule has 5 rings (SSSR count). The minimum atomic E-state index is -2.49. The number of aromatic nitrogens is 4. The van der Waals surface area contributed by atoms with Gasteiger partial charge in [-0.1, -0.05) is 12.1 Å². The van der Waals surface area contributed by atoms with E-state index in [1.54, 1.807) is 6.33 Å². The number of nitrogens with zero attached hydrogens (tertiary/aromatic N) is 4. The van der Waals surface area contributed by atoms with Crippen LogP contribution in [-0.4, -0.2) is 26.2 Å². The SMILES string of the molecule is Fc1cccnc1C1CCC(Cl)(c2ccc3c(c2)CNCc2nncn2-3)CC1CC(F)F. The molecule has 3 unspecified atom stereocenters. The highest BCUT2D eigenvalue weighted by Crippen LogP contribution is 2.52. The lowest BCUT2D eigenvalue weighted by Gasteiger charge is -2.41. The van der Waals surface area contributed by atoms with E-state index in [1.807, 2.05) is 22.8 Å². The molecule has 5 nitrogen and oxygen atoms in total. The molecule has 2 aliphatic rings. The summed E-state index contributed by atoms with van der Waals surface area (Å²) in [5.74, 6) is -0.460. The van der Waals surface area contributed by atoms with E-state index in [9.17, 15) is 13.2 Å². The Balaban J connectivity index is 1.47. The molecule has 2 aromatic heterocycles. The van der Waals surface area contributed by atoms with Crippen molar-refractivity contribution in [2.24, 2.45) is 5.92 Å². The molecule has 168 valence electrons. The third-order valence-electron chi connectivity index (χ3n) is 6.70. The molecular weight excluding hydrogens is 439 g/mol. The van der Waals surface area contributed by atoms with E-state index in [0.29, 0.717) is 32.4 Å². The fourth-order valence-corrected chi connectivity index (χ4v) is 5.60. The number of nitrogens with one attached hydrogen (secondary N) is 1. The van der Waals surface area contributed by atoms with E-state index in [0.717, 1.165) is 22.6 Å². The molecule has 0 radical (unpaired) electrons. The number of rotatable bonds is 4. The molecule has 0 bridgehead atoms. The quantitative estimate of drug-likeness (QED) is 0.551.